The molecule has 2 atom stereocenters. The van der Waals surface area contributed by atoms with Gasteiger partial charge in [0.1, 0.15) is 17.4 Å². The summed E-state index contributed by atoms with van der Waals surface area (Å²) in [6, 6.07) is 12.8. The van der Waals surface area contributed by atoms with Gasteiger partial charge in [-0.05, 0) is 60.7 Å². The van der Waals surface area contributed by atoms with E-state index in [4.69, 9.17) is 14.8 Å². The molecule has 1 aliphatic heterocycles. The lowest BCUT2D eigenvalue weighted by molar-refractivity contribution is 0.342. The highest BCUT2D eigenvalue weighted by molar-refractivity contribution is 5.69. The summed E-state index contributed by atoms with van der Waals surface area (Å²) in [5, 5.41) is 4.72. The van der Waals surface area contributed by atoms with Gasteiger partial charge in [0.2, 0.25) is 0 Å². The lowest BCUT2D eigenvalue weighted by atomic mass is 9.86. The molecular weight excluding hydrogens is 417 g/mol. The number of halogens is 1. The predicted octanol–water partition coefficient (Wildman–Crippen LogP) is 5.26. The maximum absolute atomic E-state index is 13.4. The van der Waals surface area contributed by atoms with E-state index < -0.39 is 0 Å². The highest BCUT2D eigenvalue weighted by Gasteiger charge is 2.29. The van der Waals surface area contributed by atoms with E-state index in [1.54, 1.807) is 13.4 Å². The fourth-order valence-corrected chi connectivity index (χ4v) is 4.43. The van der Waals surface area contributed by atoms with Gasteiger partial charge in [0.05, 0.1) is 24.8 Å². The van der Waals surface area contributed by atoms with Crippen LogP contribution in [-0.2, 0) is 6.54 Å². The molecular formula is C26H26FN5O. The number of aryl methyl sites for hydroxylation is 1. The van der Waals surface area contributed by atoms with Crippen molar-refractivity contribution in [2.45, 2.75) is 32.7 Å². The van der Waals surface area contributed by atoms with Crippen LogP contribution in [0.3, 0.4) is 0 Å². The molecule has 33 heavy (non-hydrogen) atoms. The lowest BCUT2D eigenvalue weighted by Gasteiger charge is -2.27. The highest BCUT2D eigenvalue weighted by atomic mass is 19.1. The quantitative estimate of drug-likeness (QED) is 0.422. The zero-order valence-corrected chi connectivity index (χ0v) is 18.9. The number of imidazole rings is 1. The van der Waals surface area contributed by atoms with Gasteiger partial charge in [-0.3, -0.25) is 0 Å². The van der Waals surface area contributed by atoms with Gasteiger partial charge in [-0.15, -0.1) is 0 Å². The van der Waals surface area contributed by atoms with Gasteiger partial charge in [-0.25, -0.2) is 19.0 Å². The number of aromatic nitrogens is 5. The Bertz CT molecular complexity index is 1300. The topological polar surface area (TPSA) is 57.8 Å². The van der Waals surface area contributed by atoms with Gasteiger partial charge < -0.3 is 9.30 Å². The van der Waals surface area contributed by atoms with Crippen LogP contribution in [0.1, 0.15) is 47.7 Å². The second kappa shape index (κ2) is 8.65. The molecule has 0 amide bonds. The van der Waals surface area contributed by atoms with Gasteiger partial charge in [-0.1, -0.05) is 31.2 Å². The maximum Gasteiger partial charge on any atom is 0.174 e. The van der Waals surface area contributed by atoms with Crippen molar-refractivity contribution in [2.75, 3.05) is 7.11 Å². The normalized spacial score (nSPS) is 17.9. The molecule has 0 fully saturated rings. The molecule has 2 aromatic carbocycles. The molecule has 0 aliphatic carbocycles. The first-order valence-corrected chi connectivity index (χ1v) is 11.1. The Kier molecular flexibility index (Phi) is 5.54. The van der Waals surface area contributed by atoms with E-state index in [1.165, 1.54) is 12.1 Å². The van der Waals surface area contributed by atoms with E-state index in [9.17, 15) is 4.39 Å². The SMILES string of the molecule is COc1cc(/C=C/c2nc3n(n2)C[C@H](C)C[C@H]3c2ccc(F)cc2)ccc1-n1cnc(C)c1. The summed E-state index contributed by atoms with van der Waals surface area (Å²) in [7, 11) is 1.66. The monoisotopic (exact) mass is 443 g/mol. The van der Waals surface area contributed by atoms with Crippen LogP contribution in [0, 0.1) is 18.7 Å². The third kappa shape index (κ3) is 4.31. The first-order chi connectivity index (χ1) is 16.0. The minimum atomic E-state index is -0.225. The molecule has 0 saturated heterocycles. The third-order valence-corrected chi connectivity index (χ3v) is 6.04. The average molecular weight is 444 g/mol. The molecule has 1 aliphatic rings. The van der Waals surface area contributed by atoms with Crippen LogP contribution >= 0.6 is 0 Å². The molecule has 0 saturated carbocycles. The zero-order valence-electron chi connectivity index (χ0n) is 18.9. The molecule has 0 spiro atoms. The van der Waals surface area contributed by atoms with E-state index >= 15 is 0 Å². The van der Waals surface area contributed by atoms with Crippen molar-refractivity contribution in [3.63, 3.8) is 0 Å². The highest BCUT2D eigenvalue weighted by Crippen LogP contribution is 2.35. The Hall–Kier alpha value is -3.74. The van der Waals surface area contributed by atoms with Gasteiger partial charge in [0.15, 0.2) is 5.82 Å². The van der Waals surface area contributed by atoms with E-state index in [0.717, 1.165) is 47.0 Å². The van der Waals surface area contributed by atoms with E-state index in [-0.39, 0.29) is 11.7 Å². The van der Waals surface area contributed by atoms with Crippen LogP contribution in [0.25, 0.3) is 17.8 Å². The van der Waals surface area contributed by atoms with Crippen molar-refractivity contribution in [1.82, 2.24) is 24.3 Å². The molecule has 3 heterocycles. The number of rotatable bonds is 5. The molecule has 5 rings (SSSR count). The molecule has 0 bridgehead atoms. The van der Waals surface area contributed by atoms with Crippen molar-refractivity contribution in [3.8, 4) is 11.4 Å². The minimum Gasteiger partial charge on any atom is -0.495 e. The van der Waals surface area contributed by atoms with Gasteiger partial charge >= 0.3 is 0 Å². The van der Waals surface area contributed by atoms with Crippen molar-refractivity contribution in [1.29, 1.82) is 0 Å². The maximum atomic E-state index is 13.4. The number of methoxy groups -OCH3 is 1. The van der Waals surface area contributed by atoms with Gasteiger partial charge in [0, 0.05) is 18.7 Å². The summed E-state index contributed by atoms with van der Waals surface area (Å²) >= 11 is 0. The largest absolute Gasteiger partial charge is 0.495 e. The Balaban J connectivity index is 1.42. The van der Waals surface area contributed by atoms with Crippen LogP contribution in [0.2, 0.25) is 0 Å². The summed E-state index contributed by atoms with van der Waals surface area (Å²) in [5.41, 5.74) is 3.94. The summed E-state index contributed by atoms with van der Waals surface area (Å²) in [5.74, 6) is 2.72. The smallest absolute Gasteiger partial charge is 0.174 e. The summed E-state index contributed by atoms with van der Waals surface area (Å²) in [6.45, 7) is 5.01. The van der Waals surface area contributed by atoms with Crippen LogP contribution in [0.15, 0.2) is 55.0 Å². The molecule has 6 nitrogen and oxygen atoms in total. The first kappa shape index (κ1) is 21.1. The van der Waals surface area contributed by atoms with Crippen molar-refractivity contribution < 1.29 is 9.13 Å². The molecule has 7 heteroatoms. The van der Waals surface area contributed by atoms with Crippen molar-refractivity contribution >= 4 is 12.2 Å². The van der Waals surface area contributed by atoms with Crippen molar-refractivity contribution in [2.24, 2.45) is 5.92 Å². The molecule has 0 radical (unpaired) electrons. The van der Waals surface area contributed by atoms with E-state index in [0.29, 0.717) is 11.7 Å². The summed E-state index contributed by atoms with van der Waals surface area (Å²) in [4.78, 5) is 9.11. The Morgan fingerprint density at radius 1 is 1.12 bits per heavy atom. The third-order valence-electron chi connectivity index (χ3n) is 6.04. The summed E-state index contributed by atoms with van der Waals surface area (Å²) < 4.78 is 23.0. The molecule has 0 N–H and O–H groups in total. The fraction of sp³-hybridized carbons (Fsp3) is 0.269. The van der Waals surface area contributed by atoms with Crippen LogP contribution in [0.5, 0.6) is 5.75 Å². The Morgan fingerprint density at radius 3 is 2.67 bits per heavy atom. The second-order valence-electron chi connectivity index (χ2n) is 8.64. The summed E-state index contributed by atoms with van der Waals surface area (Å²) in [6.07, 6.45) is 8.63. The van der Waals surface area contributed by atoms with Gasteiger partial charge in [-0.2, -0.15) is 5.10 Å². The lowest BCUT2D eigenvalue weighted by Crippen LogP contribution is -2.24. The number of hydrogen-bond acceptors (Lipinski definition) is 4. The van der Waals surface area contributed by atoms with E-state index in [2.05, 4.69) is 11.9 Å². The average Bonchev–Trinajstić information content (AvgIpc) is 3.43. The molecule has 168 valence electrons. The van der Waals surface area contributed by atoms with E-state index in [1.807, 2.05) is 64.9 Å². The number of fused-ring (bicyclic) bond motifs is 1. The molecule has 2 aromatic heterocycles. The van der Waals surface area contributed by atoms with Crippen LogP contribution in [0.4, 0.5) is 4.39 Å². The Morgan fingerprint density at radius 2 is 1.94 bits per heavy atom. The van der Waals surface area contributed by atoms with Crippen LogP contribution in [-0.4, -0.2) is 31.4 Å². The minimum absolute atomic E-state index is 0.113. The number of ether oxygens (including phenoxy) is 1. The fourth-order valence-electron chi connectivity index (χ4n) is 4.43. The number of hydrogen-bond donors (Lipinski definition) is 0. The predicted molar refractivity (Wildman–Crippen MR) is 126 cm³/mol. The standard InChI is InChI=1S/C26H26FN5O/c1-17-12-22(20-6-8-21(27)9-7-20)26-29-25(30-32(26)14-17)11-5-19-4-10-23(24(13-19)33-3)31-15-18(2)28-16-31/h4-11,13,15-17,22H,12,14H2,1-3H3/b11-5+/t17-,22+/m1/s1. The van der Waals surface area contributed by atoms with Gasteiger partial charge in [0.25, 0.3) is 0 Å². The van der Waals surface area contributed by atoms with Crippen LogP contribution < -0.4 is 4.74 Å². The first-order valence-electron chi connectivity index (χ1n) is 11.1. The van der Waals surface area contributed by atoms with Crippen molar-refractivity contribution in [3.05, 3.63) is 89.3 Å². The zero-order chi connectivity index (χ0) is 22.9. The Labute approximate surface area is 192 Å². The molecule has 0 unspecified atom stereocenters. The number of nitrogens with zero attached hydrogens (tertiary/aromatic N) is 5. The number of benzene rings is 2. The molecule has 4 aromatic rings. The second-order valence-corrected chi connectivity index (χ2v) is 8.64.